The van der Waals surface area contributed by atoms with Crippen LogP contribution >= 0.6 is 0 Å². The average Bonchev–Trinajstić information content (AvgIpc) is 2.04. The molecule has 12 heavy (non-hydrogen) atoms. The Morgan fingerprint density at radius 3 is 2.67 bits per heavy atom. The summed E-state index contributed by atoms with van der Waals surface area (Å²) in [6.45, 7) is 6.89. The first-order chi connectivity index (χ1) is 5.60. The Balaban J connectivity index is 4.71. The summed E-state index contributed by atoms with van der Waals surface area (Å²) < 4.78 is 0. The lowest BCUT2D eigenvalue weighted by molar-refractivity contribution is -0.119. The third-order valence-electron chi connectivity index (χ3n) is 1.75. The summed E-state index contributed by atoms with van der Waals surface area (Å²) in [5.74, 6) is -0.229. The summed E-state index contributed by atoms with van der Waals surface area (Å²) in [4.78, 5) is 24.8. The first-order valence-electron chi connectivity index (χ1n) is 3.86. The first kappa shape index (κ1) is 10.8. The van der Waals surface area contributed by atoms with Crippen LogP contribution in [0.25, 0.3) is 0 Å². The van der Waals surface area contributed by atoms with Crippen molar-refractivity contribution in [3.63, 3.8) is 0 Å². The molecule has 0 spiro atoms. The highest BCUT2D eigenvalue weighted by atomic mass is 16.1. The molecule has 0 saturated heterocycles. The topological polar surface area (TPSA) is 46.5 Å². The van der Waals surface area contributed by atoms with Crippen molar-refractivity contribution in [2.24, 2.45) is 4.99 Å². The molecule has 0 bridgehead atoms. The number of rotatable bonds is 5. The van der Waals surface area contributed by atoms with E-state index >= 15 is 0 Å². The summed E-state index contributed by atoms with van der Waals surface area (Å²) in [7, 11) is 0. The van der Waals surface area contributed by atoms with E-state index < -0.39 is 5.54 Å². The standard InChI is InChI=1S/C9H13NO2/c1-4-6-9(3,10-7-11)8(12)5-2/h5H,2,4,6H2,1,3H3. The van der Waals surface area contributed by atoms with E-state index in [0.29, 0.717) is 6.42 Å². The van der Waals surface area contributed by atoms with Gasteiger partial charge in [-0.3, -0.25) is 4.79 Å². The minimum Gasteiger partial charge on any atom is -0.292 e. The molecule has 1 unspecified atom stereocenters. The fourth-order valence-electron chi connectivity index (χ4n) is 1.04. The third kappa shape index (κ3) is 2.44. The molecule has 0 saturated carbocycles. The highest BCUT2D eigenvalue weighted by molar-refractivity contribution is 5.97. The van der Waals surface area contributed by atoms with Gasteiger partial charge < -0.3 is 0 Å². The summed E-state index contributed by atoms with van der Waals surface area (Å²) in [5, 5.41) is 0. The fourth-order valence-corrected chi connectivity index (χ4v) is 1.04. The summed E-state index contributed by atoms with van der Waals surface area (Å²) in [6, 6.07) is 0. The van der Waals surface area contributed by atoms with Crippen LogP contribution in [-0.2, 0) is 9.59 Å². The van der Waals surface area contributed by atoms with Gasteiger partial charge in [-0.25, -0.2) is 4.79 Å². The van der Waals surface area contributed by atoms with Crippen LogP contribution in [0.2, 0.25) is 0 Å². The molecule has 0 aromatic carbocycles. The number of ketones is 1. The van der Waals surface area contributed by atoms with Gasteiger partial charge in [0.05, 0.1) is 0 Å². The number of isocyanates is 1. The Kier molecular flexibility index (Phi) is 4.16. The molecule has 0 N–H and O–H groups in total. The van der Waals surface area contributed by atoms with Gasteiger partial charge in [-0.15, -0.1) is 0 Å². The van der Waals surface area contributed by atoms with E-state index in [0.717, 1.165) is 6.42 Å². The number of hydrogen-bond acceptors (Lipinski definition) is 3. The quantitative estimate of drug-likeness (QED) is 0.355. The van der Waals surface area contributed by atoms with E-state index in [2.05, 4.69) is 11.6 Å². The molecule has 1 atom stereocenters. The van der Waals surface area contributed by atoms with E-state index in [1.54, 1.807) is 6.92 Å². The molecule has 0 aromatic heterocycles. The van der Waals surface area contributed by atoms with Gasteiger partial charge in [0.15, 0.2) is 5.78 Å². The molecule has 0 amide bonds. The zero-order chi connectivity index (χ0) is 9.61. The number of aliphatic imine (C=N–C) groups is 1. The maximum Gasteiger partial charge on any atom is 0.235 e. The molecule has 0 aliphatic rings. The second-order valence-corrected chi connectivity index (χ2v) is 2.80. The van der Waals surface area contributed by atoms with Crippen LogP contribution in [0.15, 0.2) is 17.6 Å². The highest BCUT2D eigenvalue weighted by Gasteiger charge is 2.29. The van der Waals surface area contributed by atoms with Gasteiger partial charge in [-0.1, -0.05) is 19.9 Å². The second kappa shape index (κ2) is 4.62. The lowest BCUT2D eigenvalue weighted by Crippen LogP contribution is -2.31. The minimum absolute atomic E-state index is 0.229. The molecule has 3 nitrogen and oxygen atoms in total. The number of carbonyl (C=O) groups excluding carboxylic acids is 2. The molecule has 0 aliphatic heterocycles. The first-order valence-corrected chi connectivity index (χ1v) is 3.86. The number of carbonyl (C=O) groups is 1. The summed E-state index contributed by atoms with van der Waals surface area (Å²) in [5.41, 5.74) is -0.946. The monoisotopic (exact) mass is 167 g/mol. The van der Waals surface area contributed by atoms with Gasteiger partial charge in [-0.2, -0.15) is 4.99 Å². The second-order valence-electron chi connectivity index (χ2n) is 2.80. The van der Waals surface area contributed by atoms with Crippen molar-refractivity contribution >= 4 is 11.9 Å². The van der Waals surface area contributed by atoms with Gasteiger partial charge >= 0.3 is 0 Å². The zero-order valence-corrected chi connectivity index (χ0v) is 7.46. The van der Waals surface area contributed by atoms with Crippen LogP contribution in [-0.4, -0.2) is 17.4 Å². The predicted molar refractivity (Wildman–Crippen MR) is 46.6 cm³/mol. The van der Waals surface area contributed by atoms with Crippen molar-refractivity contribution in [3.05, 3.63) is 12.7 Å². The van der Waals surface area contributed by atoms with Crippen LogP contribution in [0, 0.1) is 0 Å². The van der Waals surface area contributed by atoms with E-state index in [1.165, 1.54) is 12.2 Å². The molecule has 0 aromatic rings. The number of hydrogen-bond donors (Lipinski definition) is 0. The third-order valence-corrected chi connectivity index (χ3v) is 1.75. The molecular weight excluding hydrogens is 154 g/mol. The molecule has 3 heteroatoms. The molecule has 0 rings (SSSR count). The lowest BCUT2D eigenvalue weighted by atomic mass is 9.92. The molecule has 0 aliphatic carbocycles. The number of nitrogens with zero attached hydrogens (tertiary/aromatic N) is 1. The summed E-state index contributed by atoms with van der Waals surface area (Å²) >= 11 is 0. The Labute approximate surface area is 72.2 Å². The van der Waals surface area contributed by atoms with Crippen LogP contribution in [0.1, 0.15) is 26.7 Å². The largest absolute Gasteiger partial charge is 0.292 e. The SMILES string of the molecule is C=CC(=O)C(C)(CCC)N=C=O. The van der Waals surface area contributed by atoms with Crippen molar-refractivity contribution < 1.29 is 9.59 Å². The van der Waals surface area contributed by atoms with Gasteiger partial charge in [0.1, 0.15) is 5.54 Å². The van der Waals surface area contributed by atoms with Crippen LogP contribution in [0.3, 0.4) is 0 Å². The minimum atomic E-state index is -0.946. The van der Waals surface area contributed by atoms with Gasteiger partial charge in [-0.05, 0) is 19.4 Å². The summed E-state index contributed by atoms with van der Waals surface area (Å²) in [6.07, 6.45) is 3.95. The Morgan fingerprint density at radius 2 is 2.33 bits per heavy atom. The molecule has 0 radical (unpaired) electrons. The molecule has 0 fully saturated rings. The van der Waals surface area contributed by atoms with Crippen molar-refractivity contribution in [1.82, 2.24) is 0 Å². The molecule has 0 heterocycles. The Hall–Kier alpha value is -1.21. The van der Waals surface area contributed by atoms with Crippen molar-refractivity contribution in [1.29, 1.82) is 0 Å². The lowest BCUT2D eigenvalue weighted by Gasteiger charge is -2.18. The Bertz CT molecular complexity index is 229. The average molecular weight is 167 g/mol. The highest BCUT2D eigenvalue weighted by Crippen LogP contribution is 2.18. The van der Waals surface area contributed by atoms with E-state index in [9.17, 15) is 9.59 Å². The fraction of sp³-hybridized carbons (Fsp3) is 0.556. The van der Waals surface area contributed by atoms with Gasteiger partial charge in [0.25, 0.3) is 0 Å². The van der Waals surface area contributed by atoms with Crippen molar-refractivity contribution in [3.8, 4) is 0 Å². The van der Waals surface area contributed by atoms with Crippen molar-refractivity contribution in [2.45, 2.75) is 32.2 Å². The predicted octanol–water partition coefficient (Wildman–Crippen LogP) is 1.64. The van der Waals surface area contributed by atoms with E-state index in [4.69, 9.17) is 0 Å². The van der Waals surface area contributed by atoms with E-state index in [1.807, 2.05) is 6.92 Å². The Morgan fingerprint density at radius 1 is 1.75 bits per heavy atom. The van der Waals surface area contributed by atoms with Gasteiger partial charge in [0, 0.05) is 0 Å². The van der Waals surface area contributed by atoms with E-state index in [-0.39, 0.29) is 5.78 Å². The van der Waals surface area contributed by atoms with Crippen molar-refractivity contribution in [2.75, 3.05) is 0 Å². The maximum atomic E-state index is 11.2. The zero-order valence-electron chi connectivity index (χ0n) is 7.46. The normalized spacial score (nSPS) is 14.2. The molecule has 66 valence electrons. The van der Waals surface area contributed by atoms with Crippen LogP contribution in [0.5, 0.6) is 0 Å². The van der Waals surface area contributed by atoms with Gasteiger partial charge in [0.2, 0.25) is 6.08 Å². The molecular formula is C9H13NO2. The maximum absolute atomic E-state index is 11.2. The van der Waals surface area contributed by atoms with Crippen LogP contribution in [0.4, 0.5) is 0 Å². The smallest absolute Gasteiger partial charge is 0.235 e. The van der Waals surface area contributed by atoms with Crippen LogP contribution < -0.4 is 0 Å².